The van der Waals surface area contributed by atoms with E-state index in [1.54, 1.807) is 4.90 Å². The average molecular weight is 271 g/mol. The van der Waals surface area contributed by atoms with Crippen LogP contribution in [0.4, 0.5) is 4.79 Å². The van der Waals surface area contributed by atoms with Crippen molar-refractivity contribution in [2.24, 2.45) is 5.92 Å². The van der Waals surface area contributed by atoms with E-state index >= 15 is 0 Å². The summed E-state index contributed by atoms with van der Waals surface area (Å²) >= 11 is 0. The molecule has 19 heavy (non-hydrogen) atoms. The van der Waals surface area contributed by atoms with Crippen molar-refractivity contribution in [1.82, 2.24) is 15.5 Å². The molecule has 1 aliphatic rings. The van der Waals surface area contributed by atoms with Crippen LogP contribution in [-0.4, -0.2) is 54.6 Å². The summed E-state index contributed by atoms with van der Waals surface area (Å²) in [5, 5.41) is 13.6. The van der Waals surface area contributed by atoms with Gasteiger partial charge in [-0.2, -0.15) is 0 Å². The van der Waals surface area contributed by atoms with Crippen molar-refractivity contribution >= 4 is 17.9 Å². The van der Waals surface area contributed by atoms with Gasteiger partial charge < -0.3 is 20.6 Å². The van der Waals surface area contributed by atoms with Crippen LogP contribution >= 0.6 is 0 Å². The van der Waals surface area contributed by atoms with Crippen LogP contribution in [0.1, 0.15) is 25.7 Å². The van der Waals surface area contributed by atoms with Crippen LogP contribution in [0.3, 0.4) is 0 Å². The highest BCUT2D eigenvalue weighted by molar-refractivity contribution is 5.83. The lowest BCUT2D eigenvalue weighted by Gasteiger charge is -2.32. The van der Waals surface area contributed by atoms with E-state index in [1.807, 2.05) is 0 Å². The van der Waals surface area contributed by atoms with Gasteiger partial charge in [0.15, 0.2) is 0 Å². The van der Waals surface area contributed by atoms with E-state index in [0.717, 1.165) is 12.8 Å². The van der Waals surface area contributed by atoms with Crippen LogP contribution in [0.5, 0.6) is 0 Å². The molecule has 0 aromatic heterocycles. The van der Waals surface area contributed by atoms with Gasteiger partial charge in [-0.25, -0.2) is 4.79 Å². The lowest BCUT2D eigenvalue weighted by atomic mass is 9.93. The molecule has 0 aliphatic carbocycles. The minimum absolute atomic E-state index is 0.0361. The molecule has 1 atom stereocenters. The number of hydrogen-bond donors (Lipinski definition) is 3. The highest BCUT2D eigenvalue weighted by Crippen LogP contribution is 2.20. The summed E-state index contributed by atoms with van der Waals surface area (Å²) < 4.78 is 0. The Morgan fingerprint density at radius 2 is 2.11 bits per heavy atom. The first-order valence-electron chi connectivity index (χ1n) is 6.48. The zero-order valence-electron chi connectivity index (χ0n) is 11.1. The molecule has 0 spiro atoms. The maximum Gasteiger partial charge on any atom is 0.317 e. The van der Waals surface area contributed by atoms with Crippen molar-refractivity contribution < 1.29 is 19.5 Å². The Bertz CT molecular complexity index is 346. The van der Waals surface area contributed by atoms with Crippen LogP contribution in [0.15, 0.2) is 0 Å². The van der Waals surface area contributed by atoms with Crippen molar-refractivity contribution in [2.75, 3.05) is 26.7 Å². The molecule has 7 heteroatoms. The standard InChI is InChI=1S/C12H21N3O4/c1-13-10(16)7-14-12(19)15-6-2-3-9(8-15)4-5-11(17)18/h9H,2-8H2,1H3,(H,13,16)(H,14,19)(H,17,18). The Kier molecular flexibility index (Phi) is 6.11. The fourth-order valence-electron chi connectivity index (χ4n) is 2.17. The zero-order chi connectivity index (χ0) is 14.3. The maximum atomic E-state index is 11.8. The number of nitrogens with one attached hydrogen (secondary N) is 2. The van der Waals surface area contributed by atoms with Gasteiger partial charge in [0.1, 0.15) is 0 Å². The van der Waals surface area contributed by atoms with Gasteiger partial charge in [0.25, 0.3) is 0 Å². The smallest absolute Gasteiger partial charge is 0.317 e. The van der Waals surface area contributed by atoms with Crippen molar-refractivity contribution in [2.45, 2.75) is 25.7 Å². The van der Waals surface area contributed by atoms with E-state index < -0.39 is 5.97 Å². The first-order chi connectivity index (χ1) is 9.02. The number of piperidine rings is 1. The number of carboxylic acid groups (broad SMARTS) is 1. The molecule has 1 unspecified atom stereocenters. The summed E-state index contributed by atoms with van der Waals surface area (Å²) in [4.78, 5) is 35.0. The van der Waals surface area contributed by atoms with E-state index in [1.165, 1.54) is 7.05 Å². The predicted molar refractivity (Wildman–Crippen MR) is 68.6 cm³/mol. The molecule has 1 heterocycles. The molecule has 3 amide bonds. The summed E-state index contributed by atoms with van der Waals surface area (Å²) in [6, 6.07) is -0.261. The Balaban J connectivity index is 2.34. The number of likely N-dealkylation sites (tertiary alicyclic amines) is 1. The summed E-state index contributed by atoms with van der Waals surface area (Å²) in [5.41, 5.74) is 0. The molecule has 108 valence electrons. The molecule has 7 nitrogen and oxygen atoms in total. The van der Waals surface area contributed by atoms with Crippen molar-refractivity contribution in [3.8, 4) is 0 Å². The van der Waals surface area contributed by atoms with Crippen LogP contribution < -0.4 is 10.6 Å². The topological polar surface area (TPSA) is 98.7 Å². The number of rotatable bonds is 5. The second-order valence-corrected chi connectivity index (χ2v) is 4.72. The zero-order valence-corrected chi connectivity index (χ0v) is 11.1. The first-order valence-corrected chi connectivity index (χ1v) is 6.48. The van der Waals surface area contributed by atoms with Gasteiger partial charge in [0.05, 0.1) is 6.54 Å². The molecule has 1 saturated heterocycles. The molecule has 0 aromatic carbocycles. The number of carboxylic acids is 1. The molecule has 0 radical (unpaired) electrons. The fraction of sp³-hybridized carbons (Fsp3) is 0.750. The van der Waals surface area contributed by atoms with Gasteiger partial charge in [0, 0.05) is 26.6 Å². The van der Waals surface area contributed by atoms with Crippen LogP contribution in [0.25, 0.3) is 0 Å². The van der Waals surface area contributed by atoms with E-state index in [-0.39, 0.29) is 30.8 Å². The van der Waals surface area contributed by atoms with Crippen molar-refractivity contribution in [3.05, 3.63) is 0 Å². The van der Waals surface area contributed by atoms with Crippen molar-refractivity contribution in [3.63, 3.8) is 0 Å². The number of carbonyl (C=O) groups excluding carboxylic acids is 2. The summed E-state index contributed by atoms with van der Waals surface area (Å²) in [6.45, 7) is 1.18. The molecule has 0 saturated carbocycles. The Labute approximate surface area is 112 Å². The normalized spacial score (nSPS) is 18.8. The minimum Gasteiger partial charge on any atom is -0.481 e. The summed E-state index contributed by atoms with van der Waals surface area (Å²) in [6.07, 6.45) is 2.55. The predicted octanol–water partition coefficient (Wildman–Crippen LogP) is 0.0188. The Morgan fingerprint density at radius 3 is 2.74 bits per heavy atom. The van der Waals surface area contributed by atoms with Crippen LogP contribution in [-0.2, 0) is 9.59 Å². The number of nitrogens with zero attached hydrogens (tertiary/aromatic N) is 1. The Hall–Kier alpha value is -1.79. The first kappa shape index (κ1) is 15.3. The van der Waals surface area contributed by atoms with Gasteiger partial charge >= 0.3 is 12.0 Å². The number of urea groups is 1. The van der Waals surface area contributed by atoms with E-state index in [2.05, 4.69) is 10.6 Å². The monoisotopic (exact) mass is 271 g/mol. The molecular formula is C12H21N3O4. The number of aliphatic carboxylic acids is 1. The average Bonchev–Trinajstić information content (AvgIpc) is 2.42. The molecule has 1 fully saturated rings. The third kappa shape index (κ3) is 5.58. The van der Waals surface area contributed by atoms with Gasteiger partial charge in [-0.3, -0.25) is 9.59 Å². The highest BCUT2D eigenvalue weighted by Gasteiger charge is 2.24. The molecule has 1 rings (SSSR count). The number of carbonyl (C=O) groups is 3. The van der Waals surface area contributed by atoms with Gasteiger partial charge in [-0.1, -0.05) is 0 Å². The summed E-state index contributed by atoms with van der Waals surface area (Å²) in [7, 11) is 1.51. The lowest BCUT2D eigenvalue weighted by molar-refractivity contribution is -0.137. The summed E-state index contributed by atoms with van der Waals surface area (Å²) in [5.74, 6) is -0.815. The molecule has 0 aromatic rings. The number of likely N-dealkylation sites (N-methyl/N-ethyl adjacent to an activating group) is 1. The Morgan fingerprint density at radius 1 is 1.37 bits per heavy atom. The third-order valence-corrected chi connectivity index (χ3v) is 3.25. The largest absolute Gasteiger partial charge is 0.481 e. The van der Waals surface area contributed by atoms with Crippen LogP contribution in [0, 0.1) is 5.92 Å². The van der Waals surface area contributed by atoms with Crippen molar-refractivity contribution in [1.29, 1.82) is 0 Å². The lowest BCUT2D eigenvalue weighted by Crippen LogP contribution is -2.47. The molecule has 3 N–H and O–H groups in total. The molecular weight excluding hydrogens is 250 g/mol. The van der Waals surface area contributed by atoms with E-state index in [4.69, 9.17) is 5.11 Å². The molecule has 1 aliphatic heterocycles. The third-order valence-electron chi connectivity index (χ3n) is 3.25. The second-order valence-electron chi connectivity index (χ2n) is 4.72. The SMILES string of the molecule is CNC(=O)CNC(=O)N1CCCC(CCC(=O)O)C1. The maximum absolute atomic E-state index is 11.8. The van der Waals surface area contributed by atoms with E-state index in [9.17, 15) is 14.4 Å². The van der Waals surface area contributed by atoms with Crippen LogP contribution in [0.2, 0.25) is 0 Å². The minimum atomic E-state index is -0.804. The van der Waals surface area contributed by atoms with E-state index in [0.29, 0.717) is 19.5 Å². The fourth-order valence-corrected chi connectivity index (χ4v) is 2.17. The highest BCUT2D eigenvalue weighted by atomic mass is 16.4. The quantitative estimate of drug-likeness (QED) is 0.656. The molecule has 0 bridgehead atoms. The van der Waals surface area contributed by atoms with Gasteiger partial charge in [0.2, 0.25) is 5.91 Å². The number of amides is 3. The second kappa shape index (κ2) is 7.60. The van der Waals surface area contributed by atoms with Gasteiger partial charge in [-0.05, 0) is 25.2 Å². The number of hydrogen-bond acceptors (Lipinski definition) is 3. The van der Waals surface area contributed by atoms with Gasteiger partial charge in [-0.15, -0.1) is 0 Å².